The third-order valence-electron chi connectivity index (χ3n) is 5.95. The topological polar surface area (TPSA) is 40.6 Å². The van der Waals surface area contributed by atoms with Gasteiger partial charge in [-0.15, -0.1) is 0 Å². The van der Waals surface area contributed by atoms with Crippen molar-refractivity contribution in [3.05, 3.63) is 0 Å². The van der Waals surface area contributed by atoms with Crippen LogP contribution >= 0.6 is 0 Å². The Morgan fingerprint density at radius 1 is 1.05 bits per heavy atom. The second kappa shape index (κ2) is 4.74. The van der Waals surface area contributed by atoms with Crippen molar-refractivity contribution in [2.45, 2.75) is 51.0 Å². The van der Waals surface area contributed by atoms with Crippen LogP contribution in [0.4, 0.5) is 0 Å². The Morgan fingerprint density at radius 2 is 1.90 bits per heavy atom. The van der Waals surface area contributed by atoms with E-state index >= 15 is 0 Å². The summed E-state index contributed by atoms with van der Waals surface area (Å²) in [6.07, 6.45) is 7.56. The molecule has 0 unspecified atom stereocenters. The molecular formula is C16H24N2O2. The van der Waals surface area contributed by atoms with Gasteiger partial charge in [0.15, 0.2) is 0 Å². The minimum absolute atomic E-state index is 0.318. The third kappa shape index (κ3) is 1.95. The zero-order valence-corrected chi connectivity index (χ0v) is 12.1. The lowest BCUT2D eigenvalue weighted by molar-refractivity contribution is -0.151. The number of likely N-dealkylation sites (tertiary alicyclic amines) is 1. The fraction of sp³-hybridized carbons (Fsp3) is 0.875. The normalized spacial score (nSPS) is 37.4. The summed E-state index contributed by atoms with van der Waals surface area (Å²) in [6.45, 7) is 2.69. The summed E-state index contributed by atoms with van der Waals surface area (Å²) in [4.78, 5) is 28.8. The maximum absolute atomic E-state index is 12.5. The van der Waals surface area contributed by atoms with Crippen LogP contribution in [0.1, 0.15) is 44.9 Å². The molecule has 4 nitrogen and oxygen atoms in total. The highest BCUT2D eigenvalue weighted by Gasteiger charge is 2.45. The predicted octanol–water partition coefficient (Wildman–Crippen LogP) is 1.65. The number of piperidine rings is 3. The first-order valence-corrected chi connectivity index (χ1v) is 8.30. The predicted molar refractivity (Wildman–Crippen MR) is 74.9 cm³/mol. The Bertz CT molecular complexity index is 432. The van der Waals surface area contributed by atoms with Gasteiger partial charge in [-0.25, -0.2) is 0 Å². The Labute approximate surface area is 120 Å². The number of fused-ring (bicyclic) bond motifs is 4. The molecule has 3 aliphatic heterocycles. The van der Waals surface area contributed by atoms with Gasteiger partial charge < -0.3 is 9.80 Å². The second-order valence-corrected chi connectivity index (χ2v) is 7.24. The van der Waals surface area contributed by atoms with Crippen molar-refractivity contribution in [1.82, 2.24) is 9.80 Å². The molecule has 3 heterocycles. The van der Waals surface area contributed by atoms with E-state index in [4.69, 9.17) is 0 Å². The van der Waals surface area contributed by atoms with Crippen molar-refractivity contribution in [3.63, 3.8) is 0 Å². The van der Waals surface area contributed by atoms with Gasteiger partial charge in [0, 0.05) is 38.0 Å². The van der Waals surface area contributed by atoms with E-state index in [-0.39, 0.29) is 0 Å². The van der Waals surface area contributed by atoms with Crippen LogP contribution in [0.2, 0.25) is 0 Å². The van der Waals surface area contributed by atoms with E-state index in [0.29, 0.717) is 35.6 Å². The van der Waals surface area contributed by atoms with E-state index < -0.39 is 0 Å². The molecule has 2 bridgehead atoms. The van der Waals surface area contributed by atoms with E-state index in [1.54, 1.807) is 0 Å². The standard InChI is InChI=1S/C16H24N2O2/c19-15-6-2-5-14-13-7-11(9-18(14)15)8-17(10-13)16(20)12-3-1-4-12/h11-14H,1-10H2/t11-,13-,14-/m1/s1. The molecule has 4 fully saturated rings. The molecule has 4 heteroatoms. The summed E-state index contributed by atoms with van der Waals surface area (Å²) in [5, 5.41) is 0. The first-order valence-electron chi connectivity index (χ1n) is 8.30. The number of carbonyl (C=O) groups excluding carboxylic acids is 2. The van der Waals surface area contributed by atoms with Gasteiger partial charge in [-0.2, -0.15) is 0 Å². The molecule has 3 saturated heterocycles. The third-order valence-corrected chi connectivity index (χ3v) is 5.95. The molecule has 0 N–H and O–H groups in total. The molecule has 110 valence electrons. The van der Waals surface area contributed by atoms with Crippen molar-refractivity contribution < 1.29 is 9.59 Å². The van der Waals surface area contributed by atoms with Crippen LogP contribution in [0.15, 0.2) is 0 Å². The van der Waals surface area contributed by atoms with Gasteiger partial charge in [0.1, 0.15) is 0 Å². The lowest BCUT2D eigenvalue weighted by Crippen LogP contribution is -2.61. The summed E-state index contributed by atoms with van der Waals surface area (Å²) >= 11 is 0. The summed E-state index contributed by atoms with van der Waals surface area (Å²) in [5.41, 5.74) is 0. The summed E-state index contributed by atoms with van der Waals surface area (Å²) < 4.78 is 0. The summed E-state index contributed by atoms with van der Waals surface area (Å²) in [5.74, 6) is 2.14. The van der Waals surface area contributed by atoms with Crippen LogP contribution in [0.25, 0.3) is 0 Å². The van der Waals surface area contributed by atoms with E-state index in [9.17, 15) is 9.59 Å². The zero-order chi connectivity index (χ0) is 13.7. The van der Waals surface area contributed by atoms with Crippen LogP contribution in [0.3, 0.4) is 0 Å². The van der Waals surface area contributed by atoms with Gasteiger partial charge in [0.25, 0.3) is 0 Å². The second-order valence-electron chi connectivity index (χ2n) is 7.24. The fourth-order valence-corrected chi connectivity index (χ4v) is 4.70. The molecule has 2 amide bonds. The van der Waals surface area contributed by atoms with Gasteiger partial charge in [-0.3, -0.25) is 9.59 Å². The van der Waals surface area contributed by atoms with Gasteiger partial charge in [-0.05, 0) is 43.9 Å². The SMILES string of the molecule is O=C(C1CCC1)N1C[C@H]2C[C@H](C1)[C@H]1CCCC(=O)N1C2. The van der Waals surface area contributed by atoms with Crippen molar-refractivity contribution in [3.8, 4) is 0 Å². The average molecular weight is 276 g/mol. The molecule has 1 saturated carbocycles. The molecule has 4 aliphatic rings. The molecule has 3 atom stereocenters. The van der Waals surface area contributed by atoms with Gasteiger partial charge in [0.05, 0.1) is 0 Å². The Morgan fingerprint density at radius 3 is 2.65 bits per heavy atom. The van der Waals surface area contributed by atoms with Crippen LogP contribution in [-0.2, 0) is 9.59 Å². The van der Waals surface area contributed by atoms with Crippen LogP contribution < -0.4 is 0 Å². The van der Waals surface area contributed by atoms with Crippen molar-refractivity contribution >= 4 is 11.8 Å². The molecule has 0 aromatic carbocycles. The van der Waals surface area contributed by atoms with Gasteiger partial charge >= 0.3 is 0 Å². The van der Waals surface area contributed by atoms with E-state index in [0.717, 1.165) is 51.7 Å². The first-order chi connectivity index (χ1) is 9.72. The summed E-state index contributed by atoms with van der Waals surface area (Å²) in [7, 11) is 0. The average Bonchev–Trinajstić information content (AvgIpc) is 2.38. The van der Waals surface area contributed by atoms with Gasteiger partial charge in [0.2, 0.25) is 11.8 Å². The smallest absolute Gasteiger partial charge is 0.225 e. The molecule has 4 rings (SSSR count). The molecule has 20 heavy (non-hydrogen) atoms. The Hall–Kier alpha value is -1.06. The highest BCUT2D eigenvalue weighted by molar-refractivity contribution is 5.80. The van der Waals surface area contributed by atoms with Crippen LogP contribution in [0.5, 0.6) is 0 Å². The summed E-state index contributed by atoms with van der Waals surface area (Å²) in [6, 6.07) is 0.421. The highest BCUT2D eigenvalue weighted by atomic mass is 16.2. The lowest BCUT2D eigenvalue weighted by Gasteiger charge is -2.53. The molecular weight excluding hydrogens is 252 g/mol. The lowest BCUT2D eigenvalue weighted by atomic mass is 9.75. The minimum Gasteiger partial charge on any atom is -0.342 e. The van der Waals surface area contributed by atoms with Crippen molar-refractivity contribution in [2.24, 2.45) is 17.8 Å². The molecule has 0 spiro atoms. The van der Waals surface area contributed by atoms with Crippen LogP contribution in [0, 0.1) is 17.8 Å². The molecule has 1 aliphatic carbocycles. The van der Waals surface area contributed by atoms with Crippen molar-refractivity contribution in [1.29, 1.82) is 0 Å². The number of hydrogen-bond acceptors (Lipinski definition) is 2. The Kier molecular flexibility index (Phi) is 3.00. The molecule has 0 radical (unpaired) electrons. The first kappa shape index (κ1) is 12.7. The van der Waals surface area contributed by atoms with Crippen molar-refractivity contribution in [2.75, 3.05) is 19.6 Å². The minimum atomic E-state index is 0.318. The van der Waals surface area contributed by atoms with E-state index in [1.165, 1.54) is 12.8 Å². The number of nitrogens with zero attached hydrogens (tertiary/aromatic N) is 2. The van der Waals surface area contributed by atoms with Gasteiger partial charge in [-0.1, -0.05) is 6.42 Å². The number of hydrogen-bond donors (Lipinski definition) is 0. The monoisotopic (exact) mass is 276 g/mol. The quantitative estimate of drug-likeness (QED) is 0.730. The largest absolute Gasteiger partial charge is 0.342 e. The maximum Gasteiger partial charge on any atom is 0.225 e. The molecule has 0 aromatic rings. The number of amides is 2. The van der Waals surface area contributed by atoms with E-state index in [2.05, 4.69) is 9.80 Å². The number of carbonyl (C=O) groups is 2. The highest BCUT2D eigenvalue weighted by Crippen LogP contribution is 2.39. The maximum atomic E-state index is 12.5. The fourth-order valence-electron chi connectivity index (χ4n) is 4.70. The zero-order valence-electron chi connectivity index (χ0n) is 12.1. The van der Waals surface area contributed by atoms with Crippen LogP contribution in [-0.4, -0.2) is 47.3 Å². The molecule has 0 aromatic heterocycles. The van der Waals surface area contributed by atoms with E-state index in [1.807, 2.05) is 0 Å². The Balaban J connectivity index is 1.49. The number of rotatable bonds is 1.